The number of benzene rings is 1. The van der Waals surface area contributed by atoms with Crippen LogP contribution in [-0.4, -0.2) is 163 Å². The first-order valence-corrected chi connectivity index (χ1v) is 21.8. The molecule has 1 aromatic carbocycles. The van der Waals surface area contributed by atoms with Gasteiger partial charge in [-0.1, -0.05) is 12.1 Å². The second-order valence-corrected chi connectivity index (χ2v) is 16.9. The minimum Gasteiger partial charge on any atom is -0.378 e. The van der Waals surface area contributed by atoms with Gasteiger partial charge in [0.25, 0.3) is 0 Å². The summed E-state index contributed by atoms with van der Waals surface area (Å²) in [6.07, 6.45) is 4.57. The minimum atomic E-state index is -0.702. The van der Waals surface area contributed by atoms with E-state index in [0.29, 0.717) is 72.0 Å². The molecule has 64 heavy (non-hydrogen) atoms. The third kappa shape index (κ3) is 12.7. The maximum absolute atomic E-state index is 14.3. The van der Waals surface area contributed by atoms with Gasteiger partial charge in [-0.2, -0.15) is 5.10 Å². The summed E-state index contributed by atoms with van der Waals surface area (Å²) >= 11 is 3.38. The number of Topliss-reactive ketones (excluding diaryl/α,β-unsaturated/α-hetero) is 1. The van der Waals surface area contributed by atoms with E-state index < -0.39 is 6.04 Å². The zero-order chi connectivity index (χ0) is 45.8. The predicted octanol–water partition coefficient (Wildman–Crippen LogP) is 1.48. The zero-order valence-electron chi connectivity index (χ0n) is 36.6. The number of hydrogen-bond donors (Lipinski definition) is 4. The summed E-state index contributed by atoms with van der Waals surface area (Å²) in [4.78, 5) is 82.2. The summed E-state index contributed by atoms with van der Waals surface area (Å²) in [6.45, 7) is 6.25. The van der Waals surface area contributed by atoms with Gasteiger partial charge in [0.15, 0.2) is 5.78 Å². The zero-order valence-corrected chi connectivity index (χ0v) is 38.1. The number of rotatable bonds is 25. The van der Waals surface area contributed by atoms with E-state index >= 15 is 0 Å². The highest BCUT2D eigenvalue weighted by Gasteiger charge is 2.67. The number of nitrogens with one attached hydrogen (secondary N) is 3. The molecule has 1 saturated heterocycles. The lowest BCUT2D eigenvalue weighted by atomic mass is 9.98. The lowest BCUT2D eigenvalue weighted by molar-refractivity contribution is -0.138. The third-order valence-corrected chi connectivity index (χ3v) is 11.3. The number of amides is 4. The van der Waals surface area contributed by atoms with Crippen LogP contribution >= 0.6 is 15.9 Å². The van der Waals surface area contributed by atoms with Gasteiger partial charge < -0.3 is 50.4 Å². The number of likely N-dealkylation sites (tertiary alicyclic amines) is 1. The van der Waals surface area contributed by atoms with E-state index in [9.17, 15) is 24.0 Å². The number of nitrogens with two attached hydrogens (primary N) is 1. The fourth-order valence-corrected chi connectivity index (χ4v) is 8.15. The van der Waals surface area contributed by atoms with Crippen LogP contribution in [0.25, 0.3) is 22.0 Å². The van der Waals surface area contributed by atoms with Crippen LogP contribution in [-0.2, 0) is 51.2 Å². The van der Waals surface area contributed by atoms with Crippen molar-refractivity contribution >= 4 is 62.1 Å². The Labute approximate surface area is 379 Å². The number of aromatic nitrogens is 5. The van der Waals surface area contributed by atoms with Gasteiger partial charge >= 0.3 is 0 Å². The van der Waals surface area contributed by atoms with Gasteiger partial charge in [-0.3, -0.25) is 28.7 Å². The van der Waals surface area contributed by atoms with E-state index in [2.05, 4.69) is 56.8 Å². The minimum absolute atomic E-state index is 0.0742. The quantitative estimate of drug-likeness (QED) is 0.0418. The first kappa shape index (κ1) is 48.2. The van der Waals surface area contributed by atoms with E-state index in [1.165, 1.54) is 11.6 Å². The molecule has 1 aliphatic heterocycles. The summed E-state index contributed by atoms with van der Waals surface area (Å²) in [5.41, 5.74) is 8.14. The van der Waals surface area contributed by atoms with Crippen LogP contribution in [0, 0.1) is 12.3 Å². The summed E-state index contributed by atoms with van der Waals surface area (Å²) in [5, 5.41) is 13.5. The number of piperidine rings is 1. The van der Waals surface area contributed by atoms with E-state index in [4.69, 9.17) is 24.7 Å². The van der Waals surface area contributed by atoms with E-state index in [0.717, 1.165) is 24.1 Å². The summed E-state index contributed by atoms with van der Waals surface area (Å²) < 4.78 is 23.3. The Balaban J connectivity index is 0.988. The first-order valence-electron chi connectivity index (χ1n) is 21.1. The second kappa shape index (κ2) is 22.6. The predicted molar refractivity (Wildman–Crippen MR) is 238 cm³/mol. The number of ether oxygens (including phenoxy) is 4. The normalized spacial score (nSPS) is 17.7. The molecule has 1 unspecified atom stereocenters. The molecule has 3 atom stereocenters. The SMILES string of the molecule is CC(=O)c1nn(CC(=O)N2C3C[C@]3(CN(C)C)C[C@H]2C(=O)Nc2nc(Br)ccc2C)c2ccc(-c3cnc(CNC(=O)COCCOCCNC(=O)COCCOCCN)nc3)cc12. The van der Waals surface area contributed by atoms with Crippen molar-refractivity contribution in [2.24, 2.45) is 11.1 Å². The molecule has 4 amide bonds. The molecule has 0 bridgehead atoms. The van der Waals surface area contributed by atoms with Crippen molar-refractivity contribution in [3.8, 4) is 11.1 Å². The van der Waals surface area contributed by atoms with E-state index in [1.807, 2.05) is 39.2 Å². The number of nitrogens with zero attached hydrogens (tertiary/aromatic N) is 7. The van der Waals surface area contributed by atoms with Crippen molar-refractivity contribution in [3.05, 3.63) is 64.4 Å². The average molecular weight is 951 g/mol. The van der Waals surface area contributed by atoms with Crippen LogP contribution in [0.1, 0.15) is 41.6 Å². The number of pyridine rings is 1. The number of hydrogen-bond acceptors (Lipinski definition) is 15. The fourth-order valence-electron chi connectivity index (χ4n) is 7.84. The number of halogens is 1. The van der Waals surface area contributed by atoms with Gasteiger partial charge in [0, 0.05) is 61.4 Å². The first-order chi connectivity index (χ1) is 30.8. The molecule has 6 rings (SSSR count). The van der Waals surface area contributed by atoms with Gasteiger partial charge in [-0.25, -0.2) is 15.0 Å². The van der Waals surface area contributed by atoms with E-state index in [-0.39, 0.29) is 92.7 Å². The monoisotopic (exact) mass is 949 g/mol. The Bertz CT molecular complexity index is 2290. The third-order valence-electron chi connectivity index (χ3n) is 10.8. The molecule has 1 aliphatic carbocycles. The van der Waals surface area contributed by atoms with Crippen molar-refractivity contribution in [3.63, 3.8) is 0 Å². The van der Waals surface area contributed by atoms with Gasteiger partial charge in [0.1, 0.15) is 47.7 Å². The molecule has 20 nitrogen and oxygen atoms in total. The number of anilines is 1. The maximum atomic E-state index is 14.3. The Morgan fingerprint density at radius 3 is 2.27 bits per heavy atom. The molecule has 2 aliphatic rings. The molecular weight excluding hydrogens is 894 g/mol. The van der Waals surface area contributed by atoms with Crippen LogP contribution in [0.4, 0.5) is 5.82 Å². The Morgan fingerprint density at radius 2 is 1.58 bits per heavy atom. The highest BCUT2D eigenvalue weighted by atomic mass is 79.9. The smallest absolute Gasteiger partial charge is 0.248 e. The van der Waals surface area contributed by atoms with Crippen LogP contribution in [0.3, 0.4) is 0 Å². The Hall–Kier alpha value is -5.29. The number of carbonyl (C=O) groups is 5. The lowest BCUT2D eigenvalue weighted by Crippen LogP contribution is -2.47. The highest BCUT2D eigenvalue weighted by Crippen LogP contribution is 2.60. The number of fused-ring (bicyclic) bond motifs is 2. The van der Waals surface area contributed by atoms with Crippen LogP contribution in [0.2, 0.25) is 0 Å². The molecule has 0 radical (unpaired) electrons. The van der Waals surface area contributed by atoms with Crippen LogP contribution < -0.4 is 21.7 Å². The van der Waals surface area contributed by atoms with Crippen molar-refractivity contribution in [2.45, 2.75) is 51.9 Å². The van der Waals surface area contributed by atoms with E-state index in [1.54, 1.807) is 29.4 Å². The van der Waals surface area contributed by atoms with Gasteiger partial charge in [0.05, 0.1) is 51.7 Å². The maximum Gasteiger partial charge on any atom is 0.248 e. The van der Waals surface area contributed by atoms with Crippen LogP contribution in [0.5, 0.6) is 0 Å². The average Bonchev–Trinajstić information content (AvgIpc) is 3.66. The Kier molecular flexibility index (Phi) is 17.0. The topological polar surface area (TPSA) is 247 Å². The fraction of sp³-hybridized carbons (Fsp3) is 0.512. The van der Waals surface area contributed by atoms with Crippen molar-refractivity contribution in [1.82, 2.24) is 45.2 Å². The lowest BCUT2D eigenvalue weighted by Gasteiger charge is -2.27. The molecule has 2 fully saturated rings. The summed E-state index contributed by atoms with van der Waals surface area (Å²) in [5.74, 6) is -0.624. The molecule has 21 heteroatoms. The Morgan fingerprint density at radius 1 is 0.891 bits per heavy atom. The molecule has 3 aromatic heterocycles. The van der Waals surface area contributed by atoms with Crippen LogP contribution in [0.15, 0.2) is 47.3 Å². The molecular formula is C43H56BrN11O9. The molecule has 4 heterocycles. The largest absolute Gasteiger partial charge is 0.378 e. The number of ketones is 1. The van der Waals surface area contributed by atoms with Gasteiger partial charge in [-0.15, -0.1) is 0 Å². The standard InChI is InChI=1S/C43H56BrN11O9/c1-27-5-8-35(44)50-41(27)51-42(60)33-18-43(26-53(3)4)19-34(43)55(33)39(59)23-54-32-7-6-29(17-31(32)40(52-54)28(2)56)30-20-47-36(48-21-30)22-49-38(58)25-64-16-14-62-12-10-46-37(57)24-63-15-13-61-11-9-45/h5-8,17,20-21,33-34H,9-16,18-19,22-26,45H2,1-4H3,(H,46,57)(H,49,58)(H,50,51,60)/t33-,34?,43-/m0/s1. The summed E-state index contributed by atoms with van der Waals surface area (Å²) in [7, 11) is 3.98. The van der Waals surface area contributed by atoms with Gasteiger partial charge in [-0.05, 0) is 79.1 Å². The molecule has 344 valence electrons. The van der Waals surface area contributed by atoms with Crippen molar-refractivity contribution in [1.29, 1.82) is 0 Å². The summed E-state index contributed by atoms with van der Waals surface area (Å²) in [6, 6.07) is 8.32. The molecule has 0 spiro atoms. The molecule has 1 saturated carbocycles. The second-order valence-electron chi connectivity index (χ2n) is 16.1. The van der Waals surface area contributed by atoms with Crippen molar-refractivity contribution < 1.29 is 42.9 Å². The number of aryl methyl sites for hydroxylation is 1. The number of carbonyl (C=O) groups excluding carboxylic acids is 5. The highest BCUT2D eigenvalue weighted by molar-refractivity contribution is 9.10. The van der Waals surface area contributed by atoms with Gasteiger partial charge in [0.2, 0.25) is 23.6 Å². The molecule has 5 N–H and O–H groups in total. The van der Waals surface area contributed by atoms with Crippen molar-refractivity contribution in [2.75, 3.05) is 91.9 Å². The molecule has 4 aromatic rings.